The van der Waals surface area contributed by atoms with E-state index in [2.05, 4.69) is 4.98 Å². The Bertz CT molecular complexity index is 764. The maximum Gasteiger partial charge on any atom is 0.354 e. The summed E-state index contributed by atoms with van der Waals surface area (Å²) >= 11 is 1.17. The van der Waals surface area contributed by atoms with E-state index in [1.807, 2.05) is 31.2 Å². The quantitative estimate of drug-likeness (QED) is 0.425. The summed E-state index contributed by atoms with van der Waals surface area (Å²) in [5.74, 6) is -0.952. The molecule has 0 amide bonds. The first-order valence-electron chi connectivity index (χ1n) is 7.80. The number of hydrogen-bond donors (Lipinski definition) is 0. The number of aryl methyl sites for hydroxylation is 1. The van der Waals surface area contributed by atoms with Gasteiger partial charge in [-0.05, 0) is 20.8 Å². The number of esters is 2. The highest BCUT2D eigenvalue weighted by molar-refractivity contribution is 7.17. The van der Waals surface area contributed by atoms with Crippen molar-refractivity contribution in [3.8, 4) is 16.5 Å². The third-order valence-corrected chi connectivity index (χ3v) is 4.09. The van der Waals surface area contributed by atoms with Crippen LogP contribution in [0.1, 0.15) is 29.1 Å². The van der Waals surface area contributed by atoms with Crippen LogP contribution < -0.4 is 4.74 Å². The second-order valence-electron chi connectivity index (χ2n) is 4.91. The molecule has 25 heavy (non-hydrogen) atoms. The lowest BCUT2D eigenvalue weighted by molar-refractivity contribution is -0.137. The van der Waals surface area contributed by atoms with Gasteiger partial charge in [-0.1, -0.05) is 29.8 Å². The molecule has 0 aliphatic heterocycles. The molecule has 0 fully saturated rings. The number of aromatic nitrogens is 1. The van der Waals surface area contributed by atoms with Crippen LogP contribution in [0.5, 0.6) is 5.88 Å². The molecule has 0 saturated carbocycles. The Morgan fingerprint density at radius 1 is 1.12 bits per heavy atom. The molecule has 0 spiro atoms. The van der Waals surface area contributed by atoms with Crippen molar-refractivity contribution in [1.82, 2.24) is 4.98 Å². The van der Waals surface area contributed by atoms with Gasteiger partial charge in [0.2, 0.25) is 5.88 Å². The largest absolute Gasteiger partial charge is 0.463 e. The molecule has 0 saturated heterocycles. The maximum absolute atomic E-state index is 12.1. The fraction of sp³-hybridized carbons (Fsp3) is 0.278. The fourth-order valence-corrected chi connectivity index (χ4v) is 2.77. The minimum absolute atomic E-state index is 0.0968. The summed E-state index contributed by atoms with van der Waals surface area (Å²) in [6, 6.07) is 7.76. The van der Waals surface area contributed by atoms with Crippen LogP contribution in [-0.4, -0.2) is 30.1 Å². The summed E-state index contributed by atoms with van der Waals surface area (Å²) in [5.41, 5.74) is 1.99. The van der Waals surface area contributed by atoms with E-state index in [-0.39, 0.29) is 24.0 Å². The molecule has 0 aliphatic carbocycles. The standard InChI is InChI=1S/C18H19NO5S/c1-4-22-14(20)10-11-24-16-15(18(21)23-5-2)25-17(19-16)13-8-6-12(3)7-9-13/h6-11H,4-5H2,1-3H3/b11-10+. The molecular formula is C18H19NO5S. The van der Waals surface area contributed by atoms with Crippen molar-refractivity contribution in [2.24, 2.45) is 0 Å². The third kappa shape index (κ3) is 5.15. The molecule has 0 unspecified atom stereocenters. The molecule has 1 aromatic carbocycles. The minimum Gasteiger partial charge on any atom is -0.463 e. The molecular weight excluding hydrogens is 342 g/mol. The number of rotatable bonds is 7. The van der Waals surface area contributed by atoms with Gasteiger partial charge in [0.15, 0.2) is 4.88 Å². The van der Waals surface area contributed by atoms with Crippen LogP contribution in [0.15, 0.2) is 36.6 Å². The summed E-state index contributed by atoms with van der Waals surface area (Å²) in [7, 11) is 0. The molecule has 2 aromatic rings. The van der Waals surface area contributed by atoms with E-state index in [0.717, 1.165) is 23.5 Å². The van der Waals surface area contributed by atoms with Gasteiger partial charge in [0.05, 0.1) is 19.3 Å². The fourth-order valence-electron chi connectivity index (χ4n) is 1.88. The summed E-state index contributed by atoms with van der Waals surface area (Å²) < 4.78 is 15.2. The second-order valence-corrected chi connectivity index (χ2v) is 5.91. The molecule has 0 aliphatic rings. The predicted octanol–water partition coefficient (Wildman–Crippen LogP) is 3.75. The maximum atomic E-state index is 12.1. The van der Waals surface area contributed by atoms with E-state index in [4.69, 9.17) is 14.2 Å². The topological polar surface area (TPSA) is 74.7 Å². The molecule has 0 N–H and O–H groups in total. The van der Waals surface area contributed by atoms with E-state index < -0.39 is 11.9 Å². The average molecular weight is 361 g/mol. The monoisotopic (exact) mass is 361 g/mol. The van der Waals surface area contributed by atoms with Crippen molar-refractivity contribution < 1.29 is 23.8 Å². The lowest BCUT2D eigenvalue weighted by Gasteiger charge is -2.00. The summed E-state index contributed by atoms with van der Waals surface area (Å²) in [6.07, 6.45) is 2.28. The van der Waals surface area contributed by atoms with Gasteiger partial charge in [0, 0.05) is 5.56 Å². The number of ether oxygens (including phenoxy) is 3. The van der Waals surface area contributed by atoms with E-state index in [1.165, 1.54) is 11.3 Å². The van der Waals surface area contributed by atoms with Crippen molar-refractivity contribution in [1.29, 1.82) is 0 Å². The Hall–Kier alpha value is -2.67. The van der Waals surface area contributed by atoms with Crippen LogP contribution in [0.2, 0.25) is 0 Å². The Morgan fingerprint density at radius 3 is 2.44 bits per heavy atom. The number of benzene rings is 1. The van der Waals surface area contributed by atoms with E-state index in [0.29, 0.717) is 5.01 Å². The van der Waals surface area contributed by atoms with Gasteiger partial charge in [-0.15, -0.1) is 11.3 Å². The van der Waals surface area contributed by atoms with E-state index >= 15 is 0 Å². The SMILES string of the molecule is CCOC(=O)/C=C/Oc1nc(-c2ccc(C)cc2)sc1C(=O)OCC. The molecule has 1 aromatic heterocycles. The zero-order valence-electron chi connectivity index (χ0n) is 14.3. The van der Waals surface area contributed by atoms with Crippen LogP contribution >= 0.6 is 11.3 Å². The first-order valence-corrected chi connectivity index (χ1v) is 8.61. The molecule has 0 radical (unpaired) electrons. The number of carbonyl (C=O) groups is 2. The van der Waals surface area contributed by atoms with Gasteiger partial charge in [-0.3, -0.25) is 0 Å². The molecule has 132 valence electrons. The summed E-state index contributed by atoms with van der Waals surface area (Å²) in [6.45, 7) is 5.94. The minimum atomic E-state index is -0.533. The molecule has 1 heterocycles. The number of hydrogen-bond acceptors (Lipinski definition) is 7. The predicted molar refractivity (Wildman–Crippen MR) is 94.6 cm³/mol. The summed E-state index contributed by atoms with van der Waals surface area (Å²) in [4.78, 5) is 28.0. The van der Waals surface area contributed by atoms with Gasteiger partial charge < -0.3 is 14.2 Å². The van der Waals surface area contributed by atoms with Crippen LogP contribution in [0.3, 0.4) is 0 Å². The van der Waals surface area contributed by atoms with Gasteiger partial charge in [-0.25, -0.2) is 14.6 Å². The van der Waals surface area contributed by atoms with Gasteiger partial charge in [0.25, 0.3) is 0 Å². The van der Waals surface area contributed by atoms with E-state index in [1.54, 1.807) is 13.8 Å². The van der Waals surface area contributed by atoms with E-state index in [9.17, 15) is 9.59 Å². The third-order valence-electron chi connectivity index (χ3n) is 3.03. The van der Waals surface area contributed by atoms with Crippen LogP contribution in [0.4, 0.5) is 0 Å². The number of nitrogens with zero attached hydrogens (tertiary/aromatic N) is 1. The first kappa shape index (κ1) is 18.7. The van der Waals surface area contributed by atoms with Crippen LogP contribution in [-0.2, 0) is 14.3 Å². The van der Waals surface area contributed by atoms with Gasteiger partial charge >= 0.3 is 11.9 Å². The Morgan fingerprint density at radius 2 is 1.80 bits per heavy atom. The highest BCUT2D eigenvalue weighted by Crippen LogP contribution is 2.33. The van der Waals surface area contributed by atoms with Crippen molar-refractivity contribution in [2.75, 3.05) is 13.2 Å². The van der Waals surface area contributed by atoms with Crippen molar-refractivity contribution in [3.63, 3.8) is 0 Å². The van der Waals surface area contributed by atoms with Gasteiger partial charge in [-0.2, -0.15) is 0 Å². The van der Waals surface area contributed by atoms with Crippen molar-refractivity contribution >= 4 is 23.3 Å². The smallest absolute Gasteiger partial charge is 0.354 e. The summed E-state index contributed by atoms with van der Waals surface area (Å²) in [5, 5.41) is 0.627. The Kier molecular flexibility index (Phi) is 6.71. The zero-order chi connectivity index (χ0) is 18.2. The molecule has 6 nitrogen and oxygen atoms in total. The molecule has 7 heteroatoms. The first-order chi connectivity index (χ1) is 12.0. The van der Waals surface area contributed by atoms with Crippen molar-refractivity contribution in [3.05, 3.63) is 47.0 Å². The Labute approximate surface area is 150 Å². The normalized spacial score (nSPS) is 10.7. The lowest BCUT2D eigenvalue weighted by atomic mass is 10.2. The van der Waals surface area contributed by atoms with Gasteiger partial charge in [0.1, 0.15) is 11.3 Å². The zero-order valence-corrected chi connectivity index (χ0v) is 15.1. The van der Waals surface area contributed by atoms with Crippen LogP contribution in [0, 0.1) is 6.92 Å². The lowest BCUT2D eigenvalue weighted by Crippen LogP contribution is -2.04. The average Bonchev–Trinajstić information content (AvgIpc) is 3.00. The highest BCUT2D eigenvalue weighted by atomic mass is 32.1. The van der Waals surface area contributed by atoms with Crippen molar-refractivity contribution in [2.45, 2.75) is 20.8 Å². The number of thiazole rings is 1. The second kappa shape index (κ2) is 8.98. The molecule has 2 rings (SSSR count). The van der Waals surface area contributed by atoms with Crippen LogP contribution in [0.25, 0.3) is 10.6 Å². The highest BCUT2D eigenvalue weighted by Gasteiger charge is 2.21. The number of carbonyl (C=O) groups excluding carboxylic acids is 2. The Balaban J connectivity index is 2.27. The molecule has 0 atom stereocenters. The molecule has 0 bridgehead atoms.